The second kappa shape index (κ2) is 51.9. The molecule has 7 amide bonds. The molecule has 0 spiro atoms. The van der Waals surface area contributed by atoms with E-state index in [4.69, 9.17) is 99.5 Å². The van der Waals surface area contributed by atoms with Crippen molar-refractivity contribution in [2.75, 3.05) is 72.7 Å². The van der Waals surface area contributed by atoms with Gasteiger partial charge in [-0.2, -0.15) is 0 Å². The number of hydrogen-bond acceptors (Lipinski definition) is 56. The Morgan fingerprint density at radius 2 is 0.392 bits per heavy atom. The smallest absolute Gasteiger partial charge is 0.217 e. The standard InChI is InChI=1S/C80H133N7O56/c1-19(97)81-37-52(112)62(30(12-92)125-70(37)122)136-74-41(85-23(5)101)55(115)66(34(16-96)131-74)140-78-61(121)67(141-80-69(58(118)47(107)29(11-91)129-80)143-76-42(86-24(6)102)54(114)64(32(14-94)132-76)138-73-39(83-21(3)99)51(111)45(105)27(9-89)127-73)49(109)36(134-78)18-124-79-68(142-75-43(87-25(7)103)56(116)65(33(15-95)133-75)139-77-60(120)57(117)46(106)28(10-90)128-77)59(119)48(108)35(135-79)17-123-71-40(84-22(4)100)53(113)63(31(13-93)130-71)137-72-38(82-20(2)98)50(110)44(104)26(8-88)126-72/h26-80,88-96,104-122H,8-18H2,1-7H3,(H,81,97)(H,82,98)(H,83,99)(H,84,100)(H,85,101)(H,86,102)(H,87,103)/t26-,27-,28-,29-,30-,31-,32-,33-,34-,35-,36-,37-,38-,39-,40-,41-,42-,43-,44+,45+,46+,47-,48-,49-,50-,51-,52-,53-,54-,55-,56-,57+,58+,59+,60-,61+,62-,63-,64-,65-,66-,67+,68+,69+,70-,71-,72+,73+,74+,75+,76+,77+,78+,79+,80-/m1/s1. The lowest BCUT2D eigenvalue weighted by atomic mass is 9.93. The van der Waals surface area contributed by atoms with Crippen molar-refractivity contribution < 1.29 is 276 Å². The van der Waals surface area contributed by atoms with Gasteiger partial charge in [-0.05, 0) is 0 Å². The maximum absolute atomic E-state index is 13.3. The van der Waals surface area contributed by atoms with Gasteiger partial charge in [0, 0.05) is 48.5 Å². The summed E-state index contributed by atoms with van der Waals surface area (Å²) in [6, 6.07) is -13.1. The first-order valence-electron chi connectivity index (χ1n) is 45.6. The maximum Gasteiger partial charge on any atom is 0.217 e. The molecule has 0 unspecified atom stereocenters. The van der Waals surface area contributed by atoms with E-state index in [1.807, 2.05) is 0 Å². The minimum atomic E-state index is -2.71. The number of carbonyl (C=O) groups excluding carboxylic acids is 7. The van der Waals surface area contributed by atoms with Gasteiger partial charge in [-0.15, -0.1) is 0 Å². The van der Waals surface area contributed by atoms with E-state index in [2.05, 4.69) is 37.2 Å². The summed E-state index contributed by atoms with van der Waals surface area (Å²) < 4.78 is 127. The van der Waals surface area contributed by atoms with E-state index in [0.29, 0.717) is 0 Å². The van der Waals surface area contributed by atoms with Crippen LogP contribution in [0.4, 0.5) is 0 Å². The van der Waals surface area contributed by atoms with Crippen LogP contribution in [-0.2, 0) is 133 Å². The molecule has 0 aromatic rings. The van der Waals surface area contributed by atoms with E-state index in [1.165, 1.54) is 0 Å². The van der Waals surface area contributed by atoms with Gasteiger partial charge in [0.1, 0.15) is 268 Å². The first kappa shape index (κ1) is 118. The second-order valence-corrected chi connectivity index (χ2v) is 36.0. The van der Waals surface area contributed by atoms with Gasteiger partial charge in [-0.25, -0.2) is 0 Å². The molecule has 11 aliphatic heterocycles. The summed E-state index contributed by atoms with van der Waals surface area (Å²) >= 11 is 0. The Bertz CT molecular complexity index is 4050. The zero-order valence-electron chi connectivity index (χ0n) is 77.5. The zero-order chi connectivity index (χ0) is 105. The lowest BCUT2D eigenvalue weighted by molar-refractivity contribution is -0.398. The van der Waals surface area contributed by atoms with Gasteiger partial charge < -0.3 is 280 Å². The number of rotatable bonds is 38. The van der Waals surface area contributed by atoms with E-state index < -0.39 is 451 Å². The molecular formula is C80H133N7O56. The third-order valence-electron chi connectivity index (χ3n) is 25.8. The van der Waals surface area contributed by atoms with Gasteiger partial charge in [0.05, 0.1) is 72.7 Å². The van der Waals surface area contributed by atoms with E-state index in [9.17, 15) is 177 Å². The third kappa shape index (κ3) is 26.9. The molecule has 11 heterocycles. The van der Waals surface area contributed by atoms with Crippen LogP contribution in [0.15, 0.2) is 0 Å². The van der Waals surface area contributed by atoms with Crippen LogP contribution in [0.1, 0.15) is 48.5 Å². The Morgan fingerprint density at radius 1 is 0.182 bits per heavy atom. The van der Waals surface area contributed by atoms with Crippen molar-refractivity contribution in [1.82, 2.24) is 37.2 Å². The van der Waals surface area contributed by atoms with Crippen LogP contribution in [0, 0.1) is 0 Å². The van der Waals surface area contributed by atoms with Gasteiger partial charge in [0.25, 0.3) is 0 Å². The van der Waals surface area contributed by atoms with Gasteiger partial charge in [-0.1, -0.05) is 0 Å². The van der Waals surface area contributed by atoms with Crippen LogP contribution in [-0.4, -0.2) is 594 Å². The minimum absolute atomic E-state index is 0.825. The van der Waals surface area contributed by atoms with Crippen LogP contribution in [0.5, 0.6) is 0 Å². The fraction of sp³-hybridized carbons (Fsp3) is 0.912. The molecule has 55 atom stereocenters. The summed E-state index contributed by atoms with van der Waals surface area (Å²) in [6.07, 6.45) is -103. The molecule has 0 aromatic carbocycles. The van der Waals surface area contributed by atoms with Crippen LogP contribution >= 0.6 is 0 Å². The molecule has 11 rings (SSSR count). The van der Waals surface area contributed by atoms with Gasteiger partial charge >= 0.3 is 0 Å². The first-order chi connectivity index (χ1) is 67.6. The lowest BCUT2D eigenvalue weighted by Crippen LogP contribution is -2.71. The summed E-state index contributed by atoms with van der Waals surface area (Å²) in [5, 5.41) is 335. The summed E-state index contributed by atoms with van der Waals surface area (Å²) in [5.41, 5.74) is 0. The summed E-state index contributed by atoms with van der Waals surface area (Å²) in [5.74, 6) is -6.49. The number of aliphatic hydroxyl groups is 28. The Labute approximate surface area is 810 Å². The molecule has 0 bridgehead atoms. The molecule has 0 radical (unpaired) electrons. The molecule has 63 nitrogen and oxygen atoms in total. The first-order valence-corrected chi connectivity index (χ1v) is 45.6. The highest BCUT2D eigenvalue weighted by Crippen LogP contribution is 2.42. The molecular weight excluding hydrogens is 1950 g/mol. The number of amides is 7. The number of ether oxygens (including phenoxy) is 21. The Morgan fingerprint density at radius 3 is 0.734 bits per heavy atom. The molecule has 0 aliphatic carbocycles. The Balaban J connectivity index is 0.972. The summed E-state index contributed by atoms with van der Waals surface area (Å²) in [7, 11) is 0. The van der Waals surface area contributed by atoms with E-state index in [-0.39, 0.29) is 0 Å². The highest BCUT2D eigenvalue weighted by atomic mass is 16.8. The predicted octanol–water partition coefficient (Wildman–Crippen LogP) is -24.0. The third-order valence-corrected chi connectivity index (χ3v) is 25.8. The largest absolute Gasteiger partial charge is 0.394 e. The highest BCUT2D eigenvalue weighted by molar-refractivity contribution is 5.75. The molecule has 143 heavy (non-hydrogen) atoms. The monoisotopic (exact) mass is 2090 g/mol. The van der Waals surface area contributed by atoms with Crippen LogP contribution in [0.2, 0.25) is 0 Å². The molecule has 824 valence electrons. The van der Waals surface area contributed by atoms with Crippen molar-refractivity contribution in [2.45, 2.75) is 386 Å². The molecule has 63 heteroatoms. The second-order valence-electron chi connectivity index (χ2n) is 36.0. The topological polar surface area (TPSA) is 964 Å². The molecule has 11 saturated heterocycles. The molecule has 11 aliphatic rings. The van der Waals surface area contributed by atoms with Gasteiger partial charge in [0.15, 0.2) is 69.2 Å². The van der Waals surface area contributed by atoms with Gasteiger partial charge in [-0.3, -0.25) is 33.6 Å². The van der Waals surface area contributed by atoms with Crippen molar-refractivity contribution in [3.63, 3.8) is 0 Å². The fourth-order valence-electron chi connectivity index (χ4n) is 18.5. The molecule has 0 aromatic heterocycles. The highest BCUT2D eigenvalue weighted by Gasteiger charge is 2.63. The molecule has 35 N–H and O–H groups in total. The number of nitrogens with one attached hydrogen (secondary N) is 7. The van der Waals surface area contributed by atoms with Crippen LogP contribution in [0.25, 0.3) is 0 Å². The van der Waals surface area contributed by atoms with Gasteiger partial charge in [0.2, 0.25) is 41.4 Å². The molecule has 11 fully saturated rings. The van der Waals surface area contributed by atoms with Crippen molar-refractivity contribution in [3.8, 4) is 0 Å². The van der Waals surface area contributed by atoms with E-state index in [0.717, 1.165) is 48.5 Å². The number of aliphatic hydroxyl groups excluding tert-OH is 28. The minimum Gasteiger partial charge on any atom is -0.394 e. The summed E-state index contributed by atoms with van der Waals surface area (Å²) in [6.45, 7) is -6.08. The Hall–Kier alpha value is -5.67. The van der Waals surface area contributed by atoms with Crippen molar-refractivity contribution >= 4 is 41.4 Å². The van der Waals surface area contributed by atoms with Crippen LogP contribution < -0.4 is 37.2 Å². The van der Waals surface area contributed by atoms with Crippen molar-refractivity contribution in [1.29, 1.82) is 0 Å². The average molecular weight is 2090 g/mol. The predicted molar refractivity (Wildman–Crippen MR) is 444 cm³/mol. The lowest BCUT2D eigenvalue weighted by Gasteiger charge is -2.51. The van der Waals surface area contributed by atoms with E-state index in [1.54, 1.807) is 0 Å². The average Bonchev–Trinajstić information content (AvgIpc) is 0.765. The van der Waals surface area contributed by atoms with Crippen molar-refractivity contribution in [3.05, 3.63) is 0 Å². The van der Waals surface area contributed by atoms with Crippen LogP contribution in [0.3, 0.4) is 0 Å². The normalized spacial score (nSPS) is 47.3. The maximum atomic E-state index is 13.3. The summed E-state index contributed by atoms with van der Waals surface area (Å²) in [4.78, 5) is 90.1. The van der Waals surface area contributed by atoms with E-state index >= 15 is 0 Å². The van der Waals surface area contributed by atoms with Crippen molar-refractivity contribution in [2.24, 2.45) is 0 Å². The number of hydrogen-bond donors (Lipinski definition) is 35. The number of carbonyl (C=O) groups is 7. The fourth-order valence-corrected chi connectivity index (χ4v) is 18.5. The zero-order valence-corrected chi connectivity index (χ0v) is 77.5. The quantitative estimate of drug-likeness (QED) is 0.0273. The molecule has 0 saturated carbocycles. The SMILES string of the molecule is CC(=O)N[C@@H]1[C@@H](O)[C@H](O[C@@H]2O[C@H](CO)[C@@H](O[C@@H]3O[C@H](CO[C@H]4O[C@H](CO[C@@H]5O[C@H](CO)[C@@H](O[C@@H]6O[C@H](CO)[C@H](O)[C@H](O)[C@H]6NC(C)=O)[C@H](O)[C@H]5NC(C)=O)[C@@H](O)[C@H](O)[C@@H]4O[C@@H]4O[C@H](CO)[C@@H](O[C@@H]5O[C@H](CO)[C@H](O)[C@H](O)[C@H]5O)[C@H](O)[C@H]4NC(C)=O)[C@@H](O)[C@H](O[C@H]4O[C@H](CO)[C@@H](O)[C@H](O)[C@@H]4O[C@@H]4O[C@H](CO)[C@@H](O[C@@H]5O[C@H](CO)[C@H](O)[C@H](O)[C@H]5NC(C)=O)[C@H](O)[C@H]4NC(C)=O)[C@@H]3O)[C@H](O)[C@H]2NC(C)=O)[C@@H](CO)O[C@H]1O. The Kier molecular flexibility index (Phi) is 42.7.